The molecule has 3 rings (SSSR count). The number of ether oxygens (including phenoxy) is 1. The number of allylic oxidation sites excluding steroid dienone is 1. The van der Waals surface area contributed by atoms with Gasteiger partial charge in [0.15, 0.2) is 5.11 Å². The summed E-state index contributed by atoms with van der Waals surface area (Å²) < 4.78 is 5.37. The molecule has 2 N–H and O–H groups in total. The van der Waals surface area contributed by atoms with Crippen LogP contribution in [0, 0.1) is 10.1 Å². The number of nitro benzene ring substituents is 1. The van der Waals surface area contributed by atoms with Crippen LogP contribution < -0.4 is 20.5 Å². The zero-order valence-corrected chi connectivity index (χ0v) is 14.9. The monoisotopic (exact) mass is 384 g/mol. The first-order valence-corrected chi connectivity index (χ1v) is 8.28. The third-order valence-electron chi connectivity index (χ3n) is 3.96. The molecule has 1 aliphatic heterocycles. The number of thiocarbonyl (C=S) groups is 1. The average Bonchev–Trinajstić information content (AvgIpc) is 2.62. The Bertz CT molecular complexity index is 959. The Kier molecular flexibility index (Phi) is 5.04. The maximum atomic E-state index is 12.8. The van der Waals surface area contributed by atoms with E-state index in [9.17, 15) is 20.0 Å². The summed E-state index contributed by atoms with van der Waals surface area (Å²) in [6, 6.07) is 10.8. The lowest BCUT2D eigenvalue weighted by atomic mass is 9.94. The van der Waals surface area contributed by atoms with Gasteiger partial charge in [-0.2, -0.15) is 0 Å². The van der Waals surface area contributed by atoms with Crippen molar-refractivity contribution in [2.75, 3.05) is 0 Å². The molecule has 0 aliphatic carbocycles. The maximum absolute atomic E-state index is 12.8. The summed E-state index contributed by atoms with van der Waals surface area (Å²) in [6.45, 7) is 1.61. The lowest BCUT2D eigenvalue weighted by Crippen LogP contribution is -2.45. The fourth-order valence-electron chi connectivity index (χ4n) is 2.72. The van der Waals surface area contributed by atoms with Gasteiger partial charge in [0.1, 0.15) is 5.75 Å². The van der Waals surface area contributed by atoms with Gasteiger partial charge in [-0.1, -0.05) is 24.3 Å². The number of nitrogens with one attached hydrogen (secondary N) is 2. The van der Waals surface area contributed by atoms with Gasteiger partial charge < -0.3 is 20.5 Å². The molecule has 0 unspecified atom stereocenters. The van der Waals surface area contributed by atoms with Crippen LogP contribution in [0.4, 0.5) is 5.69 Å². The van der Waals surface area contributed by atoms with E-state index in [2.05, 4.69) is 10.6 Å². The van der Waals surface area contributed by atoms with E-state index in [1.165, 1.54) is 0 Å². The highest BCUT2D eigenvalue weighted by atomic mass is 32.1. The molecule has 0 saturated carbocycles. The Morgan fingerprint density at radius 3 is 2.59 bits per heavy atom. The number of para-hydroxylation sites is 1. The predicted molar refractivity (Wildman–Crippen MR) is 98.9 cm³/mol. The molecule has 0 aromatic heterocycles. The molecule has 0 saturated heterocycles. The highest BCUT2D eigenvalue weighted by molar-refractivity contribution is 7.80. The van der Waals surface area contributed by atoms with Crippen molar-refractivity contribution in [2.45, 2.75) is 13.0 Å². The second-order valence-electron chi connectivity index (χ2n) is 5.75. The SMILES string of the molecule is CC1=C(C(=O)Oc2ccccc2)[C@@H](c2cc([N+](=O)[O-])ccc2[O-])NC(=S)N1. The topological polar surface area (TPSA) is 117 Å². The van der Waals surface area contributed by atoms with E-state index in [1.54, 1.807) is 37.3 Å². The zero-order valence-electron chi connectivity index (χ0n) is 14.1. The Balaban J connectivity index is 2.03. The first kappa shape index (κ1) is 18.3. The molecule has 0 fully saturated rings. The van der Waals surface area contributed by atoms with Gasteiger partial charge in [-0.3, -0.25) is 10.1 Å². The average molecular weight is 384 g/mol. The summed E-state index contributed by atoms with van der Waals surface area (Å²) >= 11 is 5.11. The summed E-state index contributed by atoms with van der Waals surface area (Å²) in [5.74, 6) is -0.825. The van der Waals surface area contributed by atoms with Gasteiger partial charge in [0, 0.05) is 17.8 Å². The highest BCUT2D eigenvalue weighted by Crippen LogP contribution is 2.34. The summed E-state index contributed by atoms with van der Waals surface area (Å²) in [4.78, 5) is 23.2. The summed E-state index contributed by atoms with van der Waals surface area (Å²) in [5, 5.41) is 29.2. The first-order chi connectivity index (χ1) is 12.9. The van der Waals surface area contributed by atoms with Crippen LogP contribution in [-0.4, -0.2) is 16.0 Å². The molecule has 0 bridgehead atoms. The fraction of sp³-hybridized carbons (Fsp3) is 0.111. The molecule has 0 spiro atoms. The maximum Gasteiger partial charge on any atom is 0.343 e. The van der Waals surface area contributed by atoms with Crippen LogP contribution in [0.2, 0.25) is 0 Å². The van der Waals surface area contributed by atoms with Gasteiger partial charge >= 0.3 is 5.97 Å². The van der Waals surface area contributed by atoms with Crippen molar-refractivity contribution in [1.29, 1.82) is 0 Å². The number of hydrogen-bond donors (Lipinski definition) is 2. The smallest absolute Gasteiger partial charge is 0.343 e. The van der Waals surface area contributed by atoms with Crippen LogP contribution in [0.1, 0.15) is 18.5 Å². The van der Waals surface area contributed by atoms with Crippen LogP contribution >= 0.6 is 12.2 Å². The molecule has 2 aromatic rings. The lowest BCUT2D eigenvalue weighted by Gasteiger charge is -2.31. The Labute approximate surface area is 159 Å². The van der Waals surface area contributed by atoms with E-state index >= 15 is 0 Å². The van der Waals surface area contributed by atoms with E-state index < -0.39 is 22.7 Å². The standard InChI is InChI=1S/C18H15N3O5S/c1-10-15(17(23)26-12-5-3-2-4-6-12)16(20-18(27)19-10)13-9-11(21(24)25)7-8-14(13)22/h2-9,16,22H,1H3,(H2,19,20,27)/p-1/t16-/m1/s1. The number of hydrogen-bond acceptors (Lipinski definition) is 6. The van der Waals surface area contributed by atoms with Gasteiger partial charge in [0.25, 0.3) is 5.69 Å². The van der Waals surface area contributed by atoms with Gasteiger partial charge in [-0.05, 0) is 36.8 Å². The molecule has 1 atom stereocenters. The number of non-ortho nitro benzene ring substituents is 1. The summed E-state index contributed by atoms with van der Waals surface area (Å²) in [7, 11) is 0. The molecule has 2 aromatic carbocycles. The molecule has 27 heavy (non-hydrogen) atoms. The molecule has 0 radical (unpaired) electrons. The van der Waals surface area contributed by atoms with Crippen molar-refractivity contribution < 1.29 is 19.6 Å². The molecule has 9 heteroatoms. The van der Waals surface area contributed by atoms with Crippen LogP contribution in [0.25, 0.3) is 0 Å². The van der Waals surface area contributed by atoms with E-state index in [4.69, 9.17) is 17.0 Å². The molecular weight excluding hydrogens is 370 g/mol. The zero-order chi connectivity index (χ0) is 19.6. The molecular formula is C18H14N3O5S-. The van der Waals surface area contributed by atoms with Crippen molar-refractivity contribution in [3.8, 4) is 11.5 Å². The number of rotatable bonds is 4. The number of nitro groups is 1. The lowest BCUT2D eigenvalue weighted by molar-refractivity contribution is -0.385. The molecule has 0 amide bonds. The summed E-state index contributed by atoms with van der Waals surface area (Å²) in [6.07, 6.45) is 0. The molecule has 138 valence electrons. The van der Waals surface area contributed by atoms with Crippen LogP contribution in [0.5, 0.6) is 11.5 Å². The van der Waals surface area contributed by atoms with Gasteiger partial charge in [0.05, 0.1) is 16.5 Å². The first-order valence-electron chi connectivity index (χ1n) is 7.87. The minimum atomic E-state index is -0.970. The number of nitrogens with zero attached hydrogens (tertiary/aromatic N) is 1. The Hall–Kier alpha value is -3.46. The second-order valence-corrected chi connectivity index (χ2v) is 6.16. The number of carbonyl (C=O) groups excluding carboxylic acids is 1. The van der Waals surface area contributed by atoms with Crippen molar-refractivity contribution in [1.82, 2.24) is 10.6 Å². The van der Waals surface area contributed by atoms with Gasteiger partial charge in [0.2, 0.25) is 0 Å². The predicted octanol–water partition coefficient (Wildman–Crippen LogP) is 2.07. The quantitative estimate of drug-likeness (QED) is 0.271. The third kappa shape index (κ3) is 3.87. The minimum absolute atomic E-state index is 0.0346. The van der Waals surface area contributed by atoms with Crippen LogP contribution in [0.3, 0.4) is 0 Å². The minimum Gasteiger partial charge on any atom is -0.872 e. The number of esters is 1. The van der Waals surface area contributed by atoms with E-state index in [0.29, 0.717) is 11.4 Å². The fourth-order valence-corrected chi connectivity index (χ4v) is 2.99. The van der Waals surface area contributed by atoms with E-state index in [0.717, 1.165) is 18.2 Å². The molecule has 8 nitrogen and oxygen atoms in total. The summed E-state index contributed by atoms with van der Waals surface area (Å²) in [5.41, 5.74) is 0.289. The van der Waals surface area contributed by atoms with E-state index in [-0.39, 0.29) is 21.9 Å². The van der Waals surface area contributed by atoms with E-state index in [1.807, 2.05) is 0 Å². The molecule has 1 aliphatic rings. The Morgan fingerprint density at radius 1 is 1.22 bits per heavy atom. The largest absolute Gasteiger partial charge is 0.872 e. The number of benzene rings is 2. The van der Waals surface area contributed by atoms with Crippen molar-refractivity contribution in [2.24, 2.45) is 0 Å². The van der Waals surface area contributed by atoms with Gasteiger partial charge in [-0.25, -0.2) is 4.79 Å². The van der Waals surface area contributed by atoms with Crippen molar-refractivity contribution in [3.05, 3.63) is 75.5 Å². The van der Waals surface area contributed by atoms with Crippen molar-refractivity contribution >= 4 is 29.0 Å². The Morgan fingerprint density at radius 2 is 1.93 bits per heavy atom. The second kappa shape index (κ2) is 7.42. The van der Waals surface area contributed by atoms with Crippen LogP contribution in [-0.2, 0) is 4.79 Å². The van der Waals surface area contributed by atoms with Crippen molar-refractivity contribution in [3.63, 3.8) is 0 Å². The van der Waals surface area contributed by atoms with Gasteiger partial charge in [-0.15, -0.1) is 5.75 Å². The third-order valence-corrected chi connectivity index (χ3v) is 4.18. The number of carbonyl (C=O) groups is 1. The molecule has 1 heterocycles. The normalized spacial score (nSPS) is 16.3. The van der Waals surface area contributed by atoms with Crippen LogP contribution in [0.15, 0.2) is 59.8 Å². The highest BCUT2D eigenvalue weighted by Gasteiger charge is 2.32.